The Kier molecular flexibility index (Phi) is 5.56. The predicted molar refractivity (Wildman–Crippen MR) is 126 cm³/mol. The smallest absolute Gasteiger partial charge is 0.312 e. The van der Waals surface area contributed by atoms with E-state index in [0.717, 1.165) is 5.56 Å². The largest absolute Gasteiger partial charge is 0.508 e. The van der Waals surface area contributed by atoms with Crippen LogP contribution in [0.2, 0.25) is 0 Å². The van der Waals surface area contributed by atoms with Gasteiger partial charge >= 0.3 is 5.97 Å². The van der Waals surface area contributed by atoms with E-state index in [4.69, 9.17) is 23.7 Å². The Morgan fingerprint density at radius 2 is 1.63 bits per heavy atom. The summed E-state index contributed by atoms with van der Waals surface area (Å²) in [6.07, 6.45) is 1.66. The van der Waals surface area contributed by atoms with E-state index in [1.807, 2.05) is 0 Å². The molecule has 2 aliphatic heterocycles. The van der Waals surface area contributed by atoms with E-state index in [9.17, 15) is 14.7 Å². The van der Waals surface area contributed by atoms with Gasteiger partial charge in [0.2, 0.25) is 11.5 Å². The third kappa shape index (κ3) is 3.73. The molecule has 1 unspecified atom stereocenters. The van der Waals surface area contributed by atoms with E-state index >= 15 is 0 Å². The highest BCUT2D eigenvalue weighted by molar-refractivity contribution is 6.15. The Hall–Kier alpha value is -4.46. The summed E-state index contributed by atoms with van der Waals surface area (Å²) in [4.78, 5) is 25.6. The van der Waals surface area contributed by atoms with Gasteiger partial charge in [-0.05, 0) is 48.0 Å². The lowest BCUT2D eigenvalue weighted by Gasteiger charge is -2.26. The summed E-state index contributed by atoms with van der Waals surface area (Å²) < 4.78 is 27.9. The summed E-state index contributed by atoms with van der Waals surface area (Å²) in [5.41, 5.74) is 2.35. The van der Waals surface area contributed by atoms with Crippen molar-refractivity contribution < 1.29 is 38.4 Å². The van der Waals surface area contributed by atoms with E-state index in [1.165, 1.54) is 21.3 Å². The van der Waals surface area contributed by atoms with Gasteiger partial charge < -0.3 is 28.8 Å². The van der Waals surface area contributed by atoms with Gasteiger partial charge in [0.1, 0.15) is 17.2 Å². The topological polar surface area (TPSA) is 101 Å². The molecule has 0 spiro atoms. The summed E-state index contributed by atoms with van der Waals surface area (Å²) in [6, 6.07) is 13.2. The first-order valence-corrected chi connectivity index (χ1v) is 10.8. The molecule has 2 heterocycles. The fourth-order valence-electron chi connectivity index (χ4n) is 4.48. The highest BCUT2D eigenvalue weighted by atomic mass is 16.5. The number of methoxy groups -OCH3 is 3. The van der Waals surface area contributed by atoms with Gasteiger partial charge in [0.25, 0.3) is 0 Å². The van der Waals surface area contributed by atoms with Crippen molar-refractivity contribution in [2.75, 3.05) is 21.3 Å². The third-order valence-corrected chi connectivity index (χ3v) is 6.10. The number of hydrogen-bond donors (Lipinski definition) is 1. The number of carbonyl (C=O) groups excluding carboxylic acids is 2. The molecule has 0 amide bonds. The molecule has 3 aromatic carbocycles. The molecule has 8 heteroatoms. The Morgan fingerprint density at radius 1 is 0.886 bits per heavy atom. The molecule has 178 valence electrons. The van der Waals surface area contributed by atoms with Crippen molar-refractivity contribution in [1.29, 1.82) is 0 Å². The zero-order valence-corrected chi connectivity index (χ0v) is 19.3. The summed E-state index contributed by atoms with van der Waals surface area (Å²) in [5, 5.41) is 9.68. The first-order valence-electron chi connectivity index (χ1n) is 10.8. The van der Waals surface area contributed by atoms with Crippen LogP contribution in [-0.4, -0.2) is 38.2 Å². The number of phenols is 1. The number of aromatic hydroxyl groups is 1. The molecule has 0 bridgehead atoms. The van der Waals surface area contributed by atoms with Crippen LogP contribution < -0.4 is 23.7 Å². The number of ether oxygens (including phenoxy) is 5. The van der Waals surface area contributed by atoms with Gasteiger partial charge in [0.05, 0.1) is 33.3 Å². The molecule has 5 rings (SSSR count). The van der Waals surface area contributed by atoms with Crippen molar-refractivity contribution in [1.82, 2.24) is 0 Å². The minimum atomic E-state index is -0.399. The molecule has 1 N–H and O–H groups in total. The summed E-state index contributed by atoms with van der Waals surface area (Å²) in [5.74, 6) is 1.09. The minimum absolute atomic E-state index is 0.0777. The van der Waals surface area contributed by atoms with Crippen molar-refractivity contribution in [2.45, 2.75) is 12.3 Å². The SMILES string of the molecule is COc1ccc(/C=C2/Oc3c(ccc4c3C(c3ccc(O)cc3)CC(=O)O4)C2=O)c(OC)c1OC. The average molecular weight is 474 g/mol. The van der Waals surface area contributed by atoms with E-state index in [-0.39, 0.29) is 29.7 Å². The van der Waals surface area contributed by atoms with Crippen LogP contribution in [0.3, 0.4) is 0 Å². The molecule has 0 saturated heterocycles. The lowest BCUT2D eigenvalue weighted by molar-refractivity contribution is -0.135. The molecule has 0 saturated carbocycles. The Morgan fingerprint density at radius 3 is 2.31 bits per heavy atom. The van der Waals surface area contributed by atoms with Crippen LogP contribution in [0.5, 0.6) is 34.5 Å². The first kappa shape index (κ1) is 22.3. The van der Waals surface area contributed by atoms with Gasteiger partial charge in [-0.3, -0.25) is 9.59 Å². The van der Waals surface area contributed by atoms with Crippen molar-refractivity contribution in [3.63, 3.8) is 0 Å². The highest BCUT2D eigenvalue weighted by Gasteiger charge is 2.38. The van der Waals surface area contributed by atoms with Crippen LogP contribution in [0.1, 0.15) is 39.4 Å². The van der Waals surface area contributed by atoms with Gasteiger partial charge in [-0.25, -0.2) is 0 Å². The van der Waals surface area contributed by atoms with Crippen LogP contribution >= 0.6 is 0 Å². The number of phenolic OH excluding ortho intramolecular Hbond substituents is 1. The Bertz CT molecular complexity index is 1370. The third-order valence-electron chi connectivity index (χ3n) is 6.10. The van der Waals surface area contributed by atoms with Crippen molar-refractivity contribution in [3.8, 4) is 34.5 Å². The predicted octanol–water partition coefficient (Wildman–Crippen LogP) is 4.48. The molecular weight excluding hydrogens is 452 g/mol. The maximum atomic E-state index is 13.3. The standard InChI is InChI=1S/C27H22O8/c1-31-20-10-6-15(25(32-2)27(20)33-3)12-21-24(30)17-9-11-19-23(26(17)35-21)18(13-22(29)34-19)14-4-7-16(28)8-5-14/h4-12,18,28H,13H2,1-3H3/b21-12+. The van der Waals surface area contributed by atoms with E-state index < -0.39 is 5.92 Å². The number of benzene rings is 3. The lowest BCUT2D eigenvalue weighted by Crippen LogP contribution is -2.21. The number of rotatable bonds is 5. The van der Waals surface area contributed by atoms with Crippen LogP contribution in [0.25, 0.3) is 6.08 Å². The van der Waals surface area contributed by atoms with Gasteiger partial charge in [-0.15, -0.1) is 0 Å². The fraction of sp³-hybridized carbons (Fsp3) is 0.185. The second kappa shape index (κ2) is 8.72. The summed E-state index contributed by atoms with van der Waals surface area (Å²) in [6.45, 7) is 0. The van der Waals surface area contributed by atoms with Crippen LogP contribution in [0.15, 0.2) is 54.3 Å². The van der Waals surface area contributed by atoms with Gasteiger partial charge in [-0.2, -0.15) is 0 Å². The van der Waals surface area contributed by atoms with Gasteiger partial charge in [0, 0.05) is 17.0 Å². The Balaban J connectivity index is 1.60. The number of hydrogen-bond acceptors (Lipinski definition) is 8. The molecule has 0 aromatic heterocycles. The van der Waals surface area contributed by atoms with E-state index in [1.54, 1.807) is 54.6 Å². The maximum Gasteiger partial charge on any atom is 0.312 e. The minimum Gasteiger partial charge on any atom is -0.508 e. The number of esters is 1. The van der Waals surface area contributed by atoms with Crippen molar-refractivity contribution >= 4 is 17.8 Å². The van der Waals surface area contributed by atoms with E-state index in [0.29, 0.717) is 45.4 Å². The average Bonchev–Trinajstić information content (AvgIpc) is 3.18. The molecule has 8 nitrogen and oxygen atoms in total. The zero-order chi connectivity index (χ0) is 24.7. The number of ketones is 1. The molecule has 3 aromatic rings. The van der Waals surface area contributed by atoms with Gasteiger partial charge in [0.15, 0.2) is 17.3 Å². The van der Waals surface area contributed by atoms with Gasteiger partial charge in [-0.1, -0.05) is 12.1 Å². The van der Waals surface area contributed by atoms with Crippen LogP contribution in [0, 0.1) is 0 Å². The quantitative estimate of drug-likeness (QED) is 0.328. The summed E-state index contributed by atoms with van der Waals surface area (Å²) in [7, 11) is 4.52. The fourth-order valence-corrected chi connectivity index (χ4v) is 4.48. The zero-order valence-electron chi connectivity index (χ0n) is 19.3. The molecular formula is C27H22O8. The molecule has 0 fully saturated rings. The summed E-state index contributed by atoms with van der Waals surface area (Å²) >= 11 is 0. The maximum absolute atomic E-state index is 13.3. The van der Waals surface area contributed by atoms with Crippen molar-refractivity contribution in [2.24, 2.45) is 0 Å². The number of Topliss-reactive ketones (excluding diaryl/α,β-unsaturated/α-hetero) is 1. The highest BCUT2D eigenvalue weighted by Crippen LogP contribution is 2.49. The number of allylic oxidation sites excluding steroid dienone is 1. The number of fused-ring (bicyclic) bond motifs is 3. The number of carbonyl (C=O) groups is 2. The first-order chi connectivity index (χ1) is 16.9. The molecule has 1 atom stereocenters. The molecule has 0 radical (unpaired) electrons. The molecule has 0 aliphatic carbocycles. The monoisotopic (exact) mass is 474 g/mol. The molecule has 35 heavy (non-hydrogen) atoms. The van der Waals surface area contributed by atoms with Crippen LogP contribution in [0.4, 0.5) is 0 Å². The normalized spacial score (nSPS) is 17.3. The van der Waals surface area contributed by atoms with Crippen molar-refractivity contribution in [3.05, 3.63) is 76.5 Å². The second-order valence-corrected chi connectivity index (χ2v) is 8.04. The Labute approximate surface area is 201 Å². The molecule has 2 aliphatic rings. The van der Waals surface area contributed by atoms with Crippen LogP contribution in [-0.2, 0) is 4.79 Å². The second-order valence-electron chi connectivity index (χ2n) is 8.04. The van der Waals surface area contributed by atoms with E-state index in [2.05, 4.69) is 0 Å². The lowest BCUT2D eigenvalue weighted by atomic mass is 9.84.